The van der Waals surface area contributed by atoms with Crippen molar-refractivity contribution >= 4 is 0 Å². The molecule has 0 saturated heterocycles. The van der Waals surface area contributed by atoms with Crippen LogP contribution >= 0.6 is 0 Å². The van der Waals surface area contributed by atoms with Gasteiger partial charge in [-0.1, -0.05) is 52.4 Å². The summed E-state index contributed by atoms with van der Waals surface area (Å²) in [6.07, 6.45) is 9.02. The van der Waals surface area contributed by atoms with E-state index in [4.69, 9.17) is 18.9 Å². The zero-order valence-electron chi connectivity index (χ0n) is 15.5. The van der Waals surface area contributed by atoms with E-state index in [9.17, 15) is 0 Å². The van der Waals surface area contributed by atoms with Crippen LogP contribution in [-0.4, -0.2) is 46.4 Å². The summed E-state index contributed by atoms with van der Waals surface area (Å²) in [5.41, 5.74) is 0. The molecule has 0 spiro atoms. The van der Waals surface area contributed by atoms with Crippen molar-refractivity contribution in [1.82, 2.24) is 0 Å². The molecule has 0 aromatic heterocycles. The standard InChI is InChI=1S/C18H38O4/c1-6-7-8-9-10-11-12-17(2)18(3,21-15-13-19-4)22-16-14-20-5/h17H,6-16H2,1-5H3. The maximum atomic E-state index is 5.97. The first-order valence-corrected chi connectivity index (χ1v) is 8.86. The van der Waals surface area contributed by atoms with E-state index in [0.717, 1.165) is 6.42 Å². The fraction of sp³-hybridized carbons (Fsp3) is 1.00. The zero-order valence-corrected chi connectivity index (χ0v) is 15.5. The third-order valence-electron chi connectivity index (χ3n) is 4.24. The third-order valence-corrected chi connectivity index (χ3v) is 4.24. The minimum Gasteiger partial charge on any atom is -0.382 e. The Morgan fingerprint density at radius 3 is 1.77 bits per heavy atom. The van der Waals surface area contributed by atoms with Crippen molar-refractivity contribution in [2.75, 3.05) is 40.6 Å². The molecular formula is C18H38O4. The number of methoxy groups -OCH3 is 2. The fourth-order valence-electron chi connectivity index (χ4n) is 2.47. The number of hydrogen-bond donors (Lipinski definition) is 0. The van der Waals surface area contributed by atoms with Gasteiger partial charge in [0.2, 0.25) is 0 Å². The number of ether oxygens (including phenoxy) is 4. The first kappa shape index (κ1) is 21.8. The molecule has 0 aliphatic heterocycles. The highest BCUT2D eigenvalue weighted by molar-refractivity contribution is 4.72. The quantitative estimate of drug-likeness (QED) is 0.312. The molecule has 0 saturated carbocycles. The molecule has 22 heavy (non-hydrogen) atoms. The zero-order chi connectivity index (χ0) is 16.7. The molecule has 0 N–H and O–H groups in total. The lowest BCUT2D eigenvalue weighted by Crippen LogP contribution is -2.41. The van der Waals surface area contributed by atoms with E-state index in [2.05, 4.69) is 13.8 Å². The summed E-state index contributed by atoms with van der Waals surface area (Å²) in [6, 6.07) is 0. The van der Waals surface area contributed by atoms with Crippen LogP contribution in [0.4, 0.5) is 0 Å². The monoisotopic (exact) mass is 318 g/mol. The normalized spacial score (nSPS) is 13.5. The van der Waals surface area contributed by atoms with Gasteiger partial charge in [0.05, 0.1) is 26.4 Å². The molecule has 4 nitrogen and oxygen atoms in total. The van der Waals surface area contributed by atoms with Crippen molar-refractivity contribution in [1.29, 1.82) is 0 Å². The smallest absolute Gasteiger partial charge is 0.168 e. The summed E-state index contributed by atoms with van der Waals surface area (Å²) in [6.45, 7) is 8.80. The molecule has 4 heteroatoms. The van der Waals surface area contributed by atoms with Crippen LogP contribution < -0.4 is 0 Å². The lowest BCUT2D eigenvalue weighted by atomic mass is 9.94. The topological polar surface area (TPSA) is 36.9 Å². The van der Waals surface area contributed by atoms with E-state index in [0.29, 0.717) is 32.3 Å². The summed E-state index contributed by atoms with van der Waals surface area (Å²) in [5.74, 6) is -0.201. The molecule has 0 aromatic rings. The van der Waals surface area contributed by atoms with Crippen LogP contribution in [0, 0.1) is 5.92 Å². The Bertz CT molecular complexity index is 223. The Kier molecular flexibility index (Phi) is 14.3. The molecule has 134 valence electrons. The van der Waals surface area contributed by atoms with Gasteiger partial charge < -0.3 is 18.9 Å². The van der Waals surface area contributed by atoms with Crippen molar-refractivity contribution in [2.24, 2.45) is 5.92 Å². The summed E-state index contributed by atoms with van der Waals surface area (Å²) < 4.78 is 22.1. The molecule has 0 heterocycles. The molecule has 0 aliphatic rings. The molecular weight excluding hydrogens is 280 g/mol. The van der Waals surface area contributed by atoms with E-state index in [-0.39, 0.29) is 0 Å². The summed E-state index contributed by atoms with van der Waals surface area (Å²) in [4.78, 5) is 0. The average molecular weight is 318 g/mol. The second kappa shape index (κ2) is 14.4. The van der Waals surface area contributed by atoms with Crippen molar-refractivity contribution in [2.45, 2.75) is 71.5 Å². The SMILES string of the molecule is CCCCCCCCC(C)C(C)(OCCOC)OCCOC. The van der Waals surface area contributed by atoms with Gasteiger partial charge in [-0.25, -0.2) is 0 Å². The van der Waals surface area contributed by atoms with E-state index in [1.807, 2.05) is 6.92 Å². The second-order valence-electron chi connectivity index (χ2n) is 6.16. The van der Waals surface area contributed by atoms with E-state index in [1.165, 1.54) is 38.5 Å². The molecule has 0 fully saturated rings. The van der Waals surface area contributed by atoms with Crippen LogP contribution in [0.3, 0.4) is 0 Å². The van der Waals surface area contributed by atoms with Gasteiger partial charge in [-0.05, 0) is 13.3 Å². The molecule has 0 aliphatic carbocycles. The molecule has 0 radical (unpaired) electrons. The first-order chi connectivity index (χ1) is 10.6. The summed E-state index contributed by atoms with van der Waals surface area (Å²) in [5, 5.41) is 0. The van der Waals surface area contributed by atoms with Crippen molar-refractivity contribution < 1.29 is 18.9 Å². The highest BCUT2D eigenvalue weighted by atomic mass is 16.7. The van der Waals surface area contributed by atoms with Gasteiger partial charge in [0, 0.05) is 20.1 Å². The van der Waals surface area contributed by atoms with Crippen LogP contribution in [0.5, 0.6) is 0 Å². The largest absolute Gasteiger partial charge is 0.382 e. The minimum absolute atomic E-state index is 0.354. The number of unbranched alkanes of at least 4 members (excludes halogenated alkanes) is 5. The fourth-order valence-corrected chi connectivity index (χ4v) is 2.47. The Morgan fingerprint density at radius 1 is 0.773 bits per heavy atom. The van der Waals surface area contributed by atoms with Gasteiger partial charge in [0.15, 0.2) is 5.79 Å². The van der Waals surface area contributed by atoms with Crippen LogP contribution in [0.1, 0.15) is 65.7 Å². The molecule has 1 atom stereocenters. The number of hydrogen-bond acceptors (Lipinski definition) is 4. The summed E-state index contributed by atoms with van der Waals surface area (Å²) in [7, 11) is 3.37. The summed E-state index contributed by atoms with van der Waals surface area (Å²) >= 11 is 0. The third kappa shape index (κ3) is 10.5. The van der Waals surface area contributed by atoms with E-state index >= 15 is 0 Å². The maximum Gasteiger partial charge on any atom is 0.168 e. The highest BCUT2D eigenvalue weighted by Gasteiger charge is 2.32. The van der Waals surface area contributed by atoms with E-state index < -0.39 is 5.79 Å². The van der Waals surface area contributed by atoms with Crippen LogP contribution in [0.2, 0.25) is 0 Å². The van der Waals surface area contributed by atoms with Crippen LogP contribution in [0.15, 0.2) is 0 Å². The van der Waals surface area contributed by atoms with Gasteiger partial charge in [-0.15, -0.1) is 0 Å². The molecule has 0 amide bonds. The predicted molar refractivity (Wildman–Crippen MR) is 91.2 cm³/mol. The van der Waals surface area contributed by atoms with Gasteiger partial charge >= 0.3 is 0 Å². The van der Waals surface area contributed by atoms with Gasteiger partial charge in [-0.3, -0.25) is 0 Å². The van der Waals surface area contributed by atoms with Crippen LogP contribution in [0.25, 0.3) is 0 Å². The van der Waals surface area contributed by atoms with Gasteiger partial charge in [-0.2, -0.15) is 0 Å². The van der Waals surface area contributed by atoms with Crippen molar-refractivity contribution in [3.05, 3.63) is 0 Å². The van der Waals surface area contributed by atoms with Crippen LogP contribution in [-0.2, 0) is 18.9 Å². The molecule has 0 aromatic carbocycles. The lowest BCUT2D eigenvalue weighted by molar-refractivity contribution is -0.260. The highest BCUT2D eigenvalue weighted by Crippen LogP contribution is 2.28. The Balaban J connectivity index is 4.13. The van der Waals surface area contributed by atoms with Gasteiger partial charge in [0.1, 0.15) is 0 Å². The second-order valence-corrected chi connectivity index (χ2v) is 6.16. The van der Waals surface area contributed by atoms with Gasteiger partial charge in [0.25, 0.3) is 0 Å². The Labute approximate surface area is 137 Å². The number of rotatable bonds is 16. The minimum atomic E-state index is -0.555. The first-order valence-electron chi connectivity index (χ1n) is 8.86. The molecule has 1 unspecified atom stereocenters. The van der Waals surface area contributed by atoms with Crippen molar-refractivity contribution in [3.63, 3.8) is 0 Å². The maximum absolute atomic E-state index is 5.97. The van der Waals surface area contributed by atoms with Crippen molar-refractivity contribution in [3.8, 4) is 0 Å². The Hall–Kier alpha value is -0.160. The average Bonchev–Trinajstić information content (AvgIpc) is 2.51. The molecule has 0 bridgehead atoms. The predicted octanol–water partition coefficient (Wildman–Crippen LogP) is 4.42. The Morgan fingerprint density at radius 2 is 1.27 bits per heavy atom. The van der Waals surface area contributed by atoms with E-state index in [1.54, 1.807) is 14.2 Å². The molecule has 0 rings (SSSR count). The lowest BCUT2D eigenvalue weighted by Gasteiger charge is -2.35.